The molecule has 4 N–H and O–H groups in total. The van der Waals surface area contributed by atoms with Crippen LogP contribution >= 0.6 is 0 Å². The lowest BCUT2D eigenvalue weighted by molar-refractivity contribution is -0.118. The molecule has 4 rings (SSSR count). The quantitative estimate of drug-likeness (QED) is 0.333. The highest BCUT2D eigenvalue weighted by atomic mass is 16.5. The largest absolute Gasteiger partial charge is 0.391 e. The topological polar surface area (TPSA) is 133 Å². The Labute approximate surface area is 210 Å². The summed E-state index contributed by atoms with van der Waals surface area (Å²) in [6.45, 7) is 5.32. The Morgan fingerprint density at radius 2 is 2.11 bits per heavy atom. The van der Waals surface area contributed by atoms with Crippen LogP contribution < -0.4 is 21.5 Å². The van der Waals surface area contributed by atoms with Crippen LogP contribution in [-0.4, -0.2) is 65.6 Å². The molecule has 11 nitrogen and oxygen atoms in total. The van der Waals surface area contributed by atoms with Gasteiger partial charge < -0.3 is 30.4 Å². The number of aliphatic hydroxyl groups excluding tert-OH is 1. The lowest BCUT2D eigenvalue weighted by Crippen LogP contribution is -2.41. The second kappa shape index (κ2) is 11.1. The standard InChI is InChI=1S/C25H35N7O4/c1-15(24(34)28-16-7-5-8-17(13-16)36-4)23-30-21(14-22(26-2)32(23)27-3)29-18-9-6-12-31(25(18)35)19-10-11-20(19)33/h6,9,12,14,16-17,19-20,26,33H,3,5,7-8,10-11,13H2,1-2,4H3,(H,28,34)(H,29,30)/b23-15+/t16-,17-,19-,20+/m0/s1. The number of pyridine rings is 1. The van der Waals surface area contributed by atoms with E-state index >= 15 is 0 Å². The first-order chi connectivity index (χ1) is 17.4. The molecule has 2 heterocycles. The minimum atomic E-state index is -0.521. The van der Waals surface area contributed by atoms with Crippen LogP contribution in [0.2, 0.25) is 0 Å². The van der Waals surface area contributed by atoms with Crippen LogP contribution in [0.5, 0.6) is 0 Å². The Hall–Kier alpha value is -3.44. The van der Waals surface area contributed by atoms with E-state index in [2.05, 4.69) is 32.8 Å². The minimum absolute atomic E-state index is 0.0195. The second-order valence-corrected chi connectivity index (χ2v) is 9.34. The molecule has 194 valence electrons. The van der Waals surface area contributed by atoms with Gasteiger partial charge >= 0.3 is 0 Å². The molecule has 2 saturated carbocycles. The van der Waals surface area contributed by atoms with E-state index in [9.17, 15) is 14.7 Å². The third kappa shape index (κ3) is 5.21. The highest BCUT2D eigenvalue weighted by molar-refractivity contribution is 6.06. The number of nitrogens with zero attached hydrogens (tertiary/aromatic N) is 4. The second-order valence-electron chi connectivity index (χ2n) is 9.34. The summed E-state index contributed by atoms with van der Waals surface area (Å²) in [7, 11) is 3.42. The average molecular weight is 498 g/mol. The summed E-state index contributed by atoms with van der Waals surface area (Å²) in [5, 5.41) is 24.7. The van der Waals surface area contributed by atoms with E-state index in [-0.39, 0.29) is 29.7 Å². The van der Waals surface area contributed by atoms with Gasteiger partial charge in [-0.2, -0.15) is 10.1 Å². The maximum Gasteiger partial charge on any atom is 0.274 e. The van der Waals surface area contributed by atoms with Crippen LogP contribution in [0.4, 0.5) is 5.69 Å². The highest BCUT2D eigenvalue weighted by Gasteiger charge is 2.32. The Bertz CT molecular complexity index is 1160. The van der Waals surface area contributed by atoms with Crippen LogP contribution in [0.15, 0.2) is 56.5 Å². The van der Waals surface area contributed by atoms with Crippen molar-refractivity contribution in [3.63, 3.8) is 0 Å². The van der Waals surface area contributed by atoms with Crippen LogP contribution in [0.25, 0.3) is 0 Å². The van der Waals surface area contributed by atoms with Gasteiger partial charge in [0.1, 0.15) is 17.3 Å². The number of anilines is 1. The lowest BCUT2D eigenvalue weighted by Gasteiger charge is -2.34. The first-order valence-electron chi connectivity index (χ1n) is 12.3. The Kier molecular flexibility index (Phi) is 7.90. The van der Waals surface area contributed by atoms with Crippen molar-refractivity contribution in [2.75, 3.05) is 19.5 Å². The van der Waals surface area contributed by atoms with Gasteiger partial charge in [0.15, 0.2) is 5.82 Å². The molecule has 0 saturated heterocycles. The van der Waals surface area contributed by atoms with Crippen molar-refractivity contribution >= 4 is 24.1 Å². The van der Waals surface area contributed by atoms with Gasteiger partial charge in [0.2, 0.25) is 0 Å². The number of ether oxygens (including phenoxy) is 1. The zero-order valence-electron chi connectivity index (χ0n) is 21.0. The fourth-order valence-electron chi connectivity index (χ4n) is 4.81. The van der Waals surface area contributed by atoms with Crippen LogP contribution in [0.1, 0.15) is 51.5 Å². The predicted molar refractivity (Wildman–Crippen MR) is 138 cm³/mol. The third-order valence-corrected chi connectivity index (χ3v) is 7.09. The summed E-state index contributed by atoms with van der Waals surface area (Å²) in [6.07, 6.45) is 8.06. The molecule has 11 heteroatoms. The number of methoxy groups -OCH3 is 1. The van der Waals surface area contributed by atoms with Gasteiger partial charge in [0.25, 0.3) is 11.5 Å². The number of hydrogen-bond donors (Lipinski definition) is 4. The van der Waals surface area contributed by atoms with Crippen molar-refractivity contribution in [2.24, 2.45) is 10.1 Å². The van der Waals surface area contributed by atoms with E-state index in [0.717, 1.165) is 32.1 Å². The zero-order chi connectivity index (χ0) is 25.8. The molecule has 2 aliphatic carbocycles. The van der Waals surface area contributed by atoms with E-state index in [4.69, 9.17) is 4.74 Å². The molecule has 0 bridgehead atoms. The third-order valence-electron chi connectivity index (χ3n) is 7.09. The van der Waals surface area contributed by atoms with Gasteiger partial charge in [0, 0.05) is 39.2 Å². The van der Waals surface area contributed by atoms with Gasteiger partial charge in [0.05, 0.1) is 23.8 Å². The normalized spacial score (nSPS) is 27.3. The number of aromatic nitrogens is 1. The van der Waals surface area contributed by atoms with Crippen molar-refractivity contribution in [1.82, 2.24) is 20.2 Å². The number of carbonyl (C=O) groups excluding carboxylic acids is 1. The number of hydrogen-bond acceptors (Lipinski definition) is 9. The fourth-order valence-corrected chi connectivity index (χ4v) is 4.81. The number of rotatable bonds is 7. The van der Waals surface area contributed by atoms with Crippen molar-refractivity contribution < 1.29 is 14.6 Å². The number of hydrazone groups is 1. The van der Waals surface area contributed by atoms with Crippen molar-refractivity contribution in [1.29, 1.82) is 0 Å². The molecular weight excluding hydrogens is 462 g/mol. The smallest absolute Gasteiger partial charge is 0.274 e. The molecule has 4 atom stereocenters. The van der Waals surface area contributed by atoms with Crippen LogP contribution in [0.3, 0.4) is 0 Å². The molecule has 0 unspecified atom stereocenters. The molecule has 1 aromatic heterocycles. The van der Waals surface area contributed by atoms with Gasteiger partial charge in [-0.1, -0.05) is 0 Å². The maximum absolute atomic E-state index is 13.2. The van der Waals surface area contributed by atoms with Gasteiger partial charge in [-0.15, -0.1) is 0 Å². The Morgan fingerprint density at radius 1 is 1.31 bits per heavy atom. The van der Waals surface area contributed by atoms with E-state index in [1.54, 1.807) is 50.1 Å². The molecule has 0 aromatic carbocycles. The van der Waals surface area contributed by atoms with Crippen LogP contribution in [0, 0.1) is 0 Å². The van der Waals surface area contributed by atoms with Gasteiger partial charge in [-0.05, 0) is 57.6 Å². The van der Waals surface area contributed by atoms with Gasteiger partial charge in [-0.25, -0.2) is 4.99 Å². The summed E-state index contributed by atoms with van der Waals surface area (Å²) in [6, 6.07) is 3.21. The molecule has 1 amide bonds. The lowest BCUT2D eigenvalue weighted by atomic mass is 9.89. The first kappa shape index (κ1) is 25.6. The Balaban J connectivity index is 1.61. The number of aliphatic imine (C=N–C) groups is 1. The van der Waals surface area contributed by atoms with Crippen LogP contribution in [-0.2, 0) is 9.53 Å². The summed E-state index contributed by atoms with van der Waals surface area (Å²) in [5.41, 5.74) is 0.430. The number of carbonyl (C=O) groups is 1. The molecule has 1 aliphatic heterocycles. The number of nitrogens with one attached hydrogen (secondary N) is 3. The SMILES string of the molecule is C=NN1C(NC)=CC(Nc2cccn([C@H]3CC[C@H]3O)c2=O)=N/C1=C(/C)C(=O)N[C@H]1CCC[C@H](OC)C1. The average Bonchev–Trinajstić information content (AvgIpc) is 2.89. The zero-order valence-corrected chi connectivity index (χ0v) is 21.0. The summed E-state index contributed by atoms with van der Waals surface area (Å²) >= 11 is 0. The maximum atomic E-state index is 13.2. The van der Waals surface area contributed by atoms with Crippen molar-refractivity contribution in [3.8, 4) is 0 Å². The summed E-state index contributed by atoms with van der Waals surface area (Å²) in [4.78, 5) is 30.8. The summed E-state index contributed by atoms with van der Waals surface area (Å²) in [5.74, 6) is 0.943. The molecule has 2 fully saturated rings. The molecule has 3 aliphatic rings. The fraction of sp³-hybridized carbons (Fsp3) is 0.520. The van der Waals surface area contributed by atoms with Crippen molar-refractivity contribution in [2.45, 2.75) is 69.7 Å². The number of amides is 1. The first-order valence-corrected chi connectivity index (χ1v) is 12.3. The highest BCUT2D eigenvalue weighted by Crippen LogP contribution is 2.31. The van der Waals surface area contributed by atoms with Gasteiger partial charge in [-0.3, -0.25) is 9.59 Å². The van der Waals surface area contributed by atoms with E-state index in [1.807, 2.05) is 0 Å². The molecular formula is C25H35N7O4. The van der Waals surface area contributed by atoms with E-state index in [0.29, 0.717) is 35.2 Å². The van der Waals surface area contributed by atoms with E-state index < -0.39 is 6.10 Å². The Morgan fingerprint density at radius 3 is 2.75 bits per heavy atom. The predicted octanol–water partition coefficient (Wildman–Crippen LogP) is 1.65. The monoisotopic (exact) mass is 497 g/mol. The van der Waals surface area contributed by atoms with Crippen molar-refractivity contribution in [3.05, 3.63) is 52.0 Å². The molecule has 0 radical (unpaired) electrons. The molecule has 36 heavy (non-hydrogen) atoms. The number of aliphatic hydroxyl groups is 1. The number of amidine groups is 1. The minimum Gasteiger partial charge on any atom is -0.391 e. The molecule has 0 spiro atoms. The van der Waals surface area contributed by atoms with E-state index in [1.165, 1.54) is 5.01 Å². The molecule has 1 aromatic rings. The summed E-state index contributed by atoms with van der Waals surface area (Å²) < 4.78 is 7.03.